The van der Waals surface area contributed by atoms with E-state index in [1.165, 1.54) is 17.0 Å². The number of likely N-dealkylation sites (N-methyl/N-ethyl adjacent to an activating group) is 1. The van der Waals surface area contributed by atoms with E-state index in [4.69, 9.17) is 0 Å². The Morgan fingerprint density at radius 1 is 1.42 bits per heavy atom. The van der Waals surface area contributed by atoms with Gasteiger partial charge in [0.15, 0.2) is 0 Å². The van der Waals surface area contributed by atoms with Gasteiger partial charge in [-0.3, -0.25) is 9.59 Å². The van der Waals surface area contributed by atoms with Crippen molar-refractivity contribution < 1.29 is 14.0 Å². The quantitative estimate of drug-likeness (QED) is 0.902. The van der Waals surface area contributed by atoms with Crippen LogP contribution in [0.25, 0.3) is 0 Å². The van der Waals surface area contributed by atoms with Gasteiger partial charge in [0.1, 0.15) is 11.9 Å². The lowest BCUT2D eigenvalue weighted by atomic mass is 10.1. The van der Waals surface area contributed by atoms with Crippen LogP contribution in [0.3, 0.4) is 0 Å². The van der Waals surface area contributed by atoms with E-state index in [1.54, 1.807) is 27.0 Å². The number of aryl methyl sites for hydroxylation is 1. The van der Waals surface area contributed by atoms with Gasteiger partial charge in [-0.1, -0.05) is 11.6 Å². The van der Waals surface area contributed by atoms with Crippen LogP contribution in [0.1, 0.15) is 29.8 Å². The molecule has 0 spiro atoms. The number of halogens is 1. The molecule has 0 aromatic heterocycles. The Morgan fingerprint density at radius 3 is 2.63 bits per heavy atom. The Labute approximate surface area is 112 Å². The van der Waals surface area contributed by atoms with E-state index in [1.807, 2.05) is 6.92 Å². The summed E-state index contributed by atoms with van der Waals surface area (Å²) in [5.74, 6) is -1.37. The second-order valence-corrected chi connectivity index (χ2v) is 4.53. The molecule has 0 saturated heterocycles. The largest absolute Gasteiger partial charge is 0.344 e. The minimum absolute atomic E-state index is 0.0428. The summed E-state index contributed by atoms with van der Waals surface area (Å²) in [6.07, 6.45) is 0. The van der Waals surface area contributed by atoms with Gasteiger partial charge in [-0.2, -0.15) is 0 Å². The van der Waals surface area contributed by atoms with Crippen molar-refractivity contribution in [2.75, 3.05) is 13.6 Å². The number of carbonyl (C=O) groups is 2. The third-order valence-electron chi connectivity index (χ3n) is 2.94. The first kappa shape index (κ1) is 15.1. The van der Waals surface area contributed by atoms with Gasteiger partial charge in [0.05, 0.1) is 5.56 Å². The molecule has 4 nitrogen and oxygen atoms in total. The molecule has 19 heavy (non-hydrogen) atoms. The minimum Gasteiger partial charge on any atom is -0.344 e. The molecular weight excluding hydrogens is 247 g/mol. The number of carbonyl (C=O) groups excluding carboxylic acids is 2. The lowest BCUT2D eigenvalue weighted by molar-refractivity contribution is -0.131. The van der Waals surface area contributed by atoms with Gasteiger partial charge in [0.25, 0.3) is 5.91 Å². The van der Waals surface area contributed by atoms with Crippen molar-refractivity contribution in [3.63, 3.8) is 0 Å². The molecule has 1 atom stereocenters. The van der Waals surface area contributed by atoms with Crippen molar-refractivity contribution in [1.82, 2.24) is 10.2 Å². The van der Waals surface area contributed by atoms with Gasteiger partial charge < -0.3 is 10.2 Å². The number of nitrogens with one attached hydrogen (secondary N) is 1. The molecule has 0 heterocycles. The molecule has 0 aliphatic rings. The van der Waals surface area contributed by atoms with E-state index in [-0.39, 0.29) is 11.5 Å². The van der Waals surface area contributed by atoms with Gasteiger partial charge in [0.2, 0.25) is 5.91 Å². The van der Waals surface area contributed by atoms with Crippen molar-refractivity contribution in [3.05, 3.63) is 35.1 Å². The third kappa shape index (κ3) is 3.77. The van der Waals surface area contributed by atoms with E-state index in [0.717, 1.165) is 5.56 Å². The number of rotatable bonds is 4. The highest BCUT2D eigenvalue weighted by Crippen LogP contribution is 2.10. The van der Waals surface area contributed by atoms with E-state index in [2.05, 4.69) is 5.32 Å². The van der Waals surface area contributed by atoms with Crippen LogP contribution in [-0.2, 0) is 4.79 Å². The maximum Gasteiger partial charge on any atom is 0.254 e. The fraction of sp³-hybridized carbons (Fsp3) is 0.429. The Morgan fingerprint density at radius 2 is 2.05 bits per heavy atom. The molecule has 1 rings (SSSR count). The Bertz CT molecular complexity index is 488. The average Bonchev–Trinajstić information content (AvgIpc) is 2.39. The number of amides is 2. The van der Waals surface area contributed by atoms with E-state index in [9.17, 15) is 14.0 Å². The molecule has 0 bridgehead atoms. The van der Waals surface area contributed by atoms with E-state index >= 15 is 0 Å². The standard InChI is InChI=1S/C14H19FN2O2/c1-5-17(4)14(19)10(3)16-13(18)11-8-9(2)6-7-12(11)15/h6-8,10H,5H2,1-4H3,(H,16,18). The summed E-state index contributed by atoms with van der Waals surface area (Å²) in [6, 6.07) is 3.61. The van der Waals surface area contributed by atoms with Crippen molar-refractivity contribution in [2.45, 2.75) is 26.8 Å². The summed E-state index contributed by atoms with van der Waals surface area (Å²) in [5.41, 5.74) is 0.745. The molecule has 2 amide bonds. The topological polar surface area (TPSA) is 49.4 Å². The molecule has 0 aliphatic heterocycles. The molecule has 0 aliphatic carbocycles. The number of hydrogen-bond donors (Lipinski definition) is 1. The predicted molar refractivity (Wildman–Crippen MR) is 71.4 cm³/mol. The molecule has 1 aromatic rings. The highest BCUT2D eigenvalue weighted by molar-refractivity contribution is 5.97. The van der Waals surface area contributed by atoms with Crippen molar-refractivity contribution in [2.24, 2.45) is 0 Å². The van der Waals surface area contributed by atoms with Gasteiger partial charge in [-0.25, -0.2) is 4.39 Å². The van der Waals surface area contributed by atoms with Crippen molar-refractivity contribution in [3.8, 4) is 0 Å². The van der Waals surface area contributed by atoms with Crippen LogP contribution in [0, 0.1) is 12.7 Å². The second-order valence-electron chi connectivity index (χ2n) is 4.53. The summed E-state index contributed by atoms with van der Waals surface area (Å²) in [4.78, 5) is 25.2. The fourth-order valence-electron chi connectivity index (χ4n) is 1.64. The number of hydrogen-bond acceptors (Lipinski definition) is 2. The van der Waals surface area contributed by atoms with E-state index in [0.29, 0.717) is 6.54 Å². The minimum atomic E-state index is -0.683. The highest BCUT2D eigenvalue weighted by Gasteiger charge is 2.20. The van der Waals surface area contributed by atoms with E-state index < -0.39 is 17.8 Å². The zero-order valence-electron chi connectivity index (χ0n) is 11.7. The Hall–Kier alpha value is -1.91. The van der Waals surface area contributed by atoms with Gasteiger partial charge in [0, 0.05) is 13.6 Å². The molecule has 1 aromatic carbocycles. The SMILES string of the molecule is CCN(C)C(=O)C(C)NC(=O)c1cc(C)ccc1F. The third-order valence-corrected chi connectivity index (χ3v) is 2.94. The maximum atomic E-state index is 13.5. The van der Waals surface area contributed by atoms with Crippen LogP contribution in [0.4, 0.5) is 4.39 Å². The first-order valence-electron chi connectivity index (χ1n) is 6.18. The smallest absolute Gasteiger partial charge is 0.254 e. The summed E-state index contributed by atoms with van der Waals surface area (Å²) in [6.45, 7) is 5.75. The molecule has 1 unspecified atom stereocenters. The average molecular weight is 266 g/mol. The molecular formula is C14H19FN2O2. The van der Waals surface area contributed by atoms with Crippen LogP contribution >= 0.6 is 0 Å². The lowest BCUT2D eigenvalue weighted by Crippen LogP contribution is -2.45. The predicted octanol–water partition coefficient (Wildman–Crippen LogP) is 1.73. The molecule has 0 saturated carbocycles. The number of nitrogens with zero attached hydrogens (tertiary/aromatic N) is 1. The fourth-order valence-corrected chi connectivity index (χ4v) is 1.64. The van der Waals surface area contributed by atoms with Gasteiger partial charge in [-0.15, -0.1) is 0 Å². The van der Waals surface area contributed by atoms with Crippen LogP contribution in [0.15, 0.2) is 18.2 Å². The lowest BCUT2D eigenvalue weighted by Gasteiger charge is -2.20. The Balaban J connectivity index is 2.80. The summed E-state index contributed by atoms with van der Waals surface area (Å²) >= 11 is 0. The van der Waals surface area contributed by atoms with Gasteiger partial charge in [-0.05, 0) is 32.9 Å². The maximum absolute atomic E-state index is 13.5. The van der Waals surface area contributed by atoms with Crippen LogP contribution in [0.5, 0.6) is 0 Å². The Kier molecular flexibility index (Phi) is 5.03. The summed E-state index contributed by atoms with van der Waals surface area (Å²) in [7, 11) is 1.65. The van der Waals surface area contributed by atoms with Crippen molar-refractivity contribution in [1.29, 1.82) is 0 Å². The van der Waals surface area contributed by atoms with Gasteiger partial charge >= 0.3 is 0 Å². The highest BCUT2D eigenvalue weighted by atomic mass is 19.1. The summed E-state index contributed by atoms with van der Waals surface area (Å²) in [5, 5.41) is 2.51. The van der Waals surface area contributed by atoms with Crippen molar-refractivity contribution >= 4 is 11.8 Å². The first-order valence-corrected chi connectivity index (χ1v) is 6.18. The molecule has 0 fully saturated rings. The molecule has 5 heteroatoms. The van der Waals surface area contributed by atoms with Crippen LogP contribution in [0.2, 0.25) is 0 Å². The summed E-state index contributed by atoms with van der Waals surface area (Å²) < 4.78 is 13.5. The number of benzene rings is 1. The second kappa shape index (κ2) is 6.31. The van der Waals surface area contributed by atoms with Crippen LogP contribution in [-0.4, -0.2) is 36.3 Å². The first-order chi connectivity index (χ1) is 8.86. The monoisotopic (exact) mass is 266 g/mol. The van der Waals surface area contributed by atoms with Crippen LogP contribution < -0.4 is 5.32 Å². The normalized spacial score (nSPS) is 11.8. The zero-order valence-corrected chi connectivity index (χ0v) is 11.7. The molecule has 104 valence electrons. The zero-order chi connectivity index (χ0) is 14.6. The molecule has 1 N–H and O–H groups in total. The molecule has 0 radical (unpaired) electrons.